The maximum absolute atomic E-state index is 11.4. The molecule has 3 N–H and O–H groups in total. The van der Waals surface area contributed by atoms with Crippen LogP contribution >= 0.6 is 0 Å². The van der Waals surface area contributed by atoms with E-state index in [9.17, 15) is 4.79 Å². The van der Waals surface area contributed by atoms with Gasteiger partial charge in [0, 0.05) is 26.9 Å². The topological polar surface area (TPSA) is 73.6 Å². The molecule has 0 fully saturated rings. The molecule has 0 heterocycles. The van der Waals surface area contributed by atoms with Gasteiger partial charge < -0.3 is 20.5 Å². The molecule has 0 aliphatic carbocycles. The van der Waals surface area contributed by atoms with Gasteiger partial charge in [-0.25, -0.2) is 0 Å². The number of carbonyl (C=O) groups is 1. The first-order valence-corrected chi connectivity index (χ1v) is 5.71. The van der Waals surface area contributed by atoms with Crippen molar-refractivity contribution in [3.8, 4) is 0 Å². The fraction of sp³-hybridized carbons (Fsp3) is 0.909. The third kappa shape index (κ3) is 8.64. The van der Waals surface area contributed by atoms with Gasteiger partial charge in [0.25, 0.3) is 0 Å². The van der Waals surface area contributed by atoms with Gasteiger partial charge in [0.05, 0.1) is 12.1 Å². The normalized spacial score (nSPS) is 12.8. The Morgan fingerprint density at radius 2 is 2.06 bits per heavy atom. The van der Waals surface area contributed by atoms with Crippen LogP contribution in [0.4, 0.5) is 0 Å². The van der Waals surface area contributed by atoms with Crippen molar-refractivity contribution < 1.29 is 14.3 Å². The van der Waals surface area contributed by atoms with Crippen molar-refractivity contribution in [3.63, 3.8) is 0 Å². The summed E-state index contributed by atoms with van der Waals surface area (Å²) in [5, 5.41) is 2.77. The van der Waals surface area contributed by atoms with E-state index in [1.807, 2.05) is 13.8 Å². The predicted molar refractivity (Wildman–Crippen MR) is 63.2 cm³/mol. The predicted octanol–water partition coefficient (Wildman–Crippen LogP) is 0.282. The summed E-state index contributed by atoms with van der Waals surface area (Å²) >= 11 is 0. The van der Waals surface area contributed by atoms with Crippen LogP contribution < -0.4 is 11.1 Å². The highest BCUT2D eigenvalue weighted by atomic mass is 16.5. The standard InChI is InChI=1S/C11H24N2O3/c1-9(2)16-7-4-6-13-11(14)10(12)5-8-15-3/h9-10H,4-8,12H2,1-3H3,(H,13,14). The first-order valence-electron chi connectivity index (χ1n) is 5.71. The molecule has 5 nitrogen and oxygen atoms in total. The molecule has 0 saturated heterocycles. The monoisotopic (exact) mass is 232 g/mol. The van der Waals surface area contributed by atoms with Crippen LogP contribution in [0.5, 0.6) is 0 Å². The lowest BCUT2D eigenvalue weighted by Crippen LogP contribution is -2.41. The summed E-state index contributed by atoms with van der Waals surface area (Å²) < 4.78 is 10.2. The minimum atomic E-state index is -0.481. The van der Waals surface area contributed by atoms with E-state index >= 15 is 0 Å². The molecule has 0 aromatic heterocycles. The highest BCUT2D eigenvalue weighted by Gasteiger charge is 2.11. The molecule has 1 amide bonds. The number of rotatable bonds is 9. The van der Waals surface area contributed by atoms with Crippen LogP contribution in [0.25, 0.3) is 0 Å². The van der Waals surface area contributed by atoms with Crippen LogP contribution in [0.1, 0.15) is 26.7 Å². The summed E-state index contributed by atoms with van der Waals surface area (Å²) in [6.45, 7) is 5.74. The van der Waals surface area contributed by atoms with Gasteiger partial charge in [0.2, 0.25) is 5.91 Å². The van der Waals surface area contributed by atoms with Crippen LogP contribution in [0.3, 0.4) is 0 Å². The Balaban J connectivity index is 3.42. The van der Waals surface area contributed by atoms with Crippen LogP contribution in [0.15, 0.2) is 0 Å². The van der Waals surface area contributed by atoms with Gasteiger partial charge in [0.1, 0.15) is 0 Å². The van der Waals surface area contributed by atoms with Gasteiger partial charge in [0.15, 0.2) is 0 Å². The quantitative estimate of drug-likeness (QED) is 0.560. The molecule has 1 unspecified atom stereocenters. The van der Waals surface area contributed by atoms with Crippen molar-refractivity contribution >= 4 is 5.91 Å². The van der Waals surface area contributed by atoms with E-state index in [2.05, 4.69) is 5.32 Å². The number of nitrogens with two attached hydrogens (primary N) is 1. The van der Waals surface area contributed by atoms with E-state index in [1.165, 1.54) is 0 Å². The number of methoxy groups -OCH3 is 1. The van der Waals surface area contributed by atoms with Crippen LogP contribution in [0, 0.1) is 0 Å². The molecule has 0 aliphatic heterocycles. The molecular formula is C11H24N2O3. The molecule has 16 heavy (non-hydrogen) atoms. The summed E-state index contributed by atoms with van der Waals surface area (Å²) in [5.74, 6) is -0.124. The molecule has 0 bridgehead atoms. The Morgan fingerprint density at radius 3 is 2.62 bits per heavy atom. The molecule has 0 radical (unpaired) electrons. The van der Waals surface area contributed by atoms with Crippen molar-refractivity contribution in [2.24, 2.45) is 5.73 Å². The lowest BCUT2D eigenvalue weighted by Gasteiger charge is -2.12. The van der Waals surface area contributed by atoms with Crippen LogP contribution in [-0.2, 0) is 14.3 Å². The van der Waals surface area contributed by atoms with E-state index in [0.29, 0.717) is 26.2 Å². The summed E-state index contributed by atoms with van der Waals surface area (Å²) in [4.78, 5) is 11.4. The smallest absolute Gasteiger partial charge is 0.237 e. The van der Waals surface area contributed by atoms with Crippen LogP contribution in [0.2, 0.25) is 0 Å². The fourth-order valence-electron chi connectivity index (χ4n) is 1.11. The molecule has 0 aromatic carbocycles. The molecule has 1 atom stereocenters. The Bertz CT molecular complexity index is 186. The zero-order chi connectivity index (χ0) is 12.4. The Labute approximate surface area is 97.7 Å². The van der Waals surface area contributed by atoms with Crippen molar-refractivity contribution in [3.05, 3.63) is 0 Å². The first kappa shape index (κ1) is 15.3. The summed E-state index contributed by atoms with van der Waals surface area (Å²) in [7, 11) is 1.59. The zero-order valence-electron chi connectivity index (χ0n) is 10.5. The fourth-order valence-corrected chi connectivity index (χ4v) is 1.11. The van der Waals surface area contributed by atoms with E-state index in [1.54, 1.807) is 7.11 Å². The van der Waals surface area contributed by atoms with E-state index in [4.69, 9.17) is 15.2 Å². The number of amides is 1. The Kier molecular flexibility index (Phi) is 9.18. The maximum atomic E-state index is 11.4. The van der Waals surface area contributed by atoms with E-state index in [-0.39, 0.29) is 12.0 Å². The highest BCUT2D eigenvalue weighted by Crippen LogP contribution is 1.91. The van der Waals surface area contributed by atoms with Crippen molar-refractivity contribution in [2.45, 2.75) is 38.8 Å². The van der Waals surface area contributed by atoms with Gasteiger partial charge in [-0.3, -0.25) is 4.79 Å². The molecule has 0 spiro atoms. The van der Waals surface area contributed by atoms with Gasteiger partial charge >= 0.3 is 0 Å². The van der Waals surface area contributed by atoms with Gasteiger partial charge in [-0.2, -0.15) is 0 Å². The zero-order valence-corrected chi connectivity index (χ0v) is 10.5. The number of hydrogen-bond acceptors (Lipinski definition) is 4. The highest BCUT2D eigenvalue weighted by molar-refractivity contribution is 5.81. The van der Waals surface area contributed by atoms with Crippen molar-refractivity contribution in [1.82, 2.24) is 5.32 Å². The molecular weight excluding hydrogens is 208 g/mol. The maximum Gasteiger partial charge on any atom is 0.237 e. The average Bonchev–Trinajstić information content (AvgIpc) is 2.24. The lowest BCUT2D eigenvalue weighted by atomic mass is 10.2. The Hall–Kier alpha value is -0.650. The molecule has 0 saturated carbocycles. The second-order valence-corrected chi connectivity index (χ2v) is 3.95. The van der Waals surface area contributed by atoms with E-state index in [0.717, 1.165) is 6.42 Å². The summed E-state index contributed by atoms with van der Waals surface area (Å²) in [6.07, 6.45) is 1.59. The van der Waals surface area contributed by atoms with Gasteiger partial charge in [-0.15, -0.1) is 0 Å². The largest absolute Gasteiger partial charge is 0.385 e. The summed E-state index contributed by atoms with van der Waals surface area (Å²) in [5.41, 5.74) is 5.64. The SMILES string of the molecule is COCCC(N)C(=O)NCCCOC(C)C. The van der Waals surface area contributed by atoms with Crippen molar-refractivity contribution in [1.29, 1.82) is 0 Å². The van der Waals surface area contributed by atoms with Gasteiger partial charge in [-0.05, 0) is 26.7 Å². The first-order chi connectivity index (χ1) is 7.57. The molecule has 0 rings (SSSR count). The number of hydrogen-bond donors (Lipinski definition) is 2. The van der Waals surface area contributed by atoms with E-state index < -0.39 is 6.04 Å². The number of ether oxygens (including phenoxy) is 2. The van der Waals surface area contributed by atoms with Crippen molar-refractivity contribution in [2.75, 3.05) is 26.9 Å². The number of carbonyl (C=O) groups excluding carboxylic acids is 1. The minimum absolute atomic E-state index is 0.124. The second kappa shape index (κ2) is 9.57. The Morgan fingerprint density at radius 1 is 1.38 bits per heavy atom. The third-order valence-corrected chi connectivity index (χ3v) is 2.04. The van der Waals surface area contributed by atoms with Gasteiger partial charge in [-0.1, -0.05) is 0 Å². The molecule has 96 valence electrons. The lowest BCUT2D eigenvalue weighted by molar-refractivity contribution is -0.122. The average molecular weight is 232 g/mol. The molecule has 0 aliphatic rings. The molecule has 5 heteroatoms. The van der Waals surface area contributed by atoms with Crippen LogP contribution in [-0.4, -0.2) is 44.9 Å². The summed E-state index contributed by atoms with van der Waals surface area (Å²) in [6, 6.07) is -0.481. The number of nitrogens with one attached hydrogen (secondary N) is 1. The molecule has 0 aromatic rings. The second-order valence-electron chi connectivity index (χ2n) is 3.95. The third-order valence-electron chi connectivity index (χ3n) is 2.04. The minimum Gasteiger partial charge on any atom is -0.385 e.